The van der Waals surface area contributed by atoms with E-state index < -0.39 is 11.9 Å². The first-order valence-electron chi connectivity index (χ1n) is 10.5. The van der Waals surface area contributed by atoms with Crippen molar-refractivity contribution in [3.8, 4) is 5.75 Å². The second-order valence-electron chi connectivity index (χ2n) is 7.36. The standard InChI is InChI=1S/C23H31FN4O2.HI/c1-3-25-23(26-15-21(29)18-10-4-5-11-19(18)24)27-17-9-8-14-28(16-17)20-12-6-7-13-22(20)30-2;/h4-7,10-13,17,21,29H,3,8-9,14-16H2,1-2H3,(H2,25,26,27);1H. The molecule has 2 aromatic rings. The molecule has 0 aliphatic carbocycles. The first-order chi connectivity index (χ1) is 14.6. The molecule has 8 heteroatoms. The number of methoxy groups -OCH3 is 1. The summed E-state index contributed by atoms with van der Waals surface area (Å²) in [4.78, 5) is 6.81. The lowest BCUT2D eigenvalue weighted by Crippen LogP contribution is -2.51. The van der Waals surface area contributed by atoms with Crippen molar-refractivity contribution in [1.29, 1.82) is 0 Å². The molecule has 0 spiro atoms. The number of guanidine groups is 1. The molecule has 31 heavy (non-hydrogen) atoms. The van der Waals surface area contributed by atoms with Crippen LogP contribution in [0.2, 0.25) is 0 Å². The summed E-state index contributed by atoms with van der Waals surface area (Å²) in [6.07, 6.45) is 1.08. The van der Waals surface area contributed by atoms with E-state index in [4.69, 9.17) is 4.74 Å². The quantitative estimate of drug-likeness (QED) is 0.283. The van der Waals surface area contributed by atoms with Crippen LogP contribution >= 0.6 is 24.0 Å². The van der Waals surface area contributed by atoms with Crippen molar-refractivity contribution in [1.82, 2.24) is 10.6 Å². The molecule has 1 fully saturated rings. The number of aliphatic hydroxyl groups excluding tert-OH is 1. The highest BCUT2D eigenvalue weighted by molar-refractivity contribution is 14.0. The third-order valence-corrected chi connectivity index (χ3v) is 5.22. The molecule has 0 radical (unpaired) electrons. The topological polar surface area (TPSA) is 69.1 Å². The van der Waals surface area contributed by atoms with Crippen LogP contribution in [0.4, 0.5) is 10.1 Å². The van der Waals surface area contributed by atoms with Gasteiger partial charge in [-0.3, -0.25) is 4.99 Å². The fourth-order valence-corrected chi connectivity index (χ4v) is 3.74. The van der Waals surface area contributed by atoms with Crippen LogP contribution in [-0.4, -0.2) is 50.4 Å². The number of benzene rings is 2. The van der Waals surface area contributed by atoms with Crippen molar-refractivity contribution in [2.75, 3.05) is 38.2 Å². The molecule has 2 aromatic carbocycles. The third-order valence-electron chi connectivity index (χ3n) is 5.22. The van der Waals surface area contributed by atoms with E-state index in [-0.39, 0.29) is 42.1 Å². The fourth-order valence-electron chi connectivity index (χ4n) is 3.74. The number of anilines is 1. The average molecular weight is 542 g/mol. The van der Waals surface area contributed by atoms with Crippen LogP contribution in [0.15, 0.2) is 53.5 Å². The van der Waals surface area contributed by atoms with Gasteiger partial charge in [0, 0.05) is 31.2 Å². The van der Waals surface area contributed by atoms with Crippen LogP contribution in [-0.2, 0) is 0 Å². The van der Waals surface area contributed by atoms with Crippen LogP contribution in [0.5, 0.6) is 5.75 Å². The largest absolute Gasteiger partial charge is 0.495 e. The lowest BCUT2D eigenvalue weighted by molar-refractivity contribution is 0.182. The highest BCUT2D eigenvalue weighted by atomic mass is 127. The van der Waals surface area contributed by atoms with Crippen molar-refractivity contribution in [2.24, 2.45) is 4.99 Å². The Labute approximate surface area is 200 Å². The van der Waals surface area contributed by atoms with Crippen LogP contribution in [0, 0.1) is 5.82 Å². The second kappa shape index (κ2) is 12.7. The molecular formula is C23H32FIN4O2. The summed E-state index contributed by atoms with van der Waals surface area (Å²) in [6.45, 7) is 4.56. The molecule has 2 unspecified atom stereocenters. The average Bonchev–Trinajstić information content (AvgIpc) is 2.78. The summed E-state index contributed by atoms with van der Waals surface area (Å²) in [5.41, 5.74) is 1.35. The summed E-state index contributed by atoms with van der Waals surface area (Å²) in [6, 6.07) is 14.5. The van der Waals surface area contributed by atoms with Gasteiger partial charge in [0.05, 0.1) is 19.3 Å². The molecule has 6 nitrogen and oxygen atoms in total. The van der Waals surface area contributed by atoms with Crippen molar-refractivity contribution in [3.05, 3.63) is 59.9 Å². The van der Waals surface area contributed by atoms with Crippen molar-refractivity contribution < 1.29 is 14.2 Å². The number of hydrogen-bond acceptors (Lipinski definition) is 4. The summed E-state index contributed by atoms with van der Waals surface area (Å²) in [5.74, 6) is 1.07. The second-order valence-corrected chi connectivity index (χ2v) is 7.36. The highest BCUT2D eigenvalue weighted by Gasteiger charge is 2.23. The molecular weight excluding hydrogens is 510 g/mol. The first-order valence-corrected chi connectivity index (χ1v) is 10.5. The molecule has 2 atom stereocenters. The van der Waals surface area contributed by atoms with Crippen molar-refractivity contribution in [3.63, 3.8) is 0 Å². The number of rotatable bonds is 7. The van der Waals surface area contributed by atoms with Gasteiger partial charge >= 0.3 is 0 Å². The zero-order valence-corrected chi connectivity index (χ0v) is 20.4. The smallest absolute Gasteiger partial charge is 0.191 e. The minimum absolute atomic E-state index is 0. The molecule has 1 heterocycles. The van der Waals surface area contributed by atoms with Gasteiger partial charge in [0.25, 0.3) is 0 Å². The number of piperidine rings is 1. The summed E-state index contributed by atoms with van der Waals surface area (Å²) in [7, 11) is 1.69. The van der Waals surface area contributed by atoms with Gasteiger partial charge in [0.2, 0.25) is 0 Å². The van der Waals surface area contributed by atoms with Gasteiger partial charge in [-0.25, -0.2) is 4.39 Å². The fraction of sp³-hybridized carbons (Fsp3) is 0.435. The van der Waals surface area contributed by atoms with E-state index in [1.54, 1.807) is 25.3 Å². The molecule has 0 amide bonds. The van der Waals surface area contributed by atoms with E-state index in [1.165, 1.54) is 6.07 Å². The number of nitrogens with one attached hydrogen (secondary N) is 2. The molecule has 3 N–H and O–H groups in total. The summed E-state index contributed by atoms with van der Waals surface area (Å²) in [5, 5.41) is 17.0. The zero-order chi connectivity index (χ0) is 21.3. The van der Waals surface area contributed by atoms with Crippen LogP contribution in [0.1, 0.15) is 31.4 Å². The van der Waals surface area contributed by atoms with E-state index in [1.807, 2.05) is 25.1 Å². The molecule has 0 bridgehead atoms. The van der Waals surface area contributed by atoms with Gasteiger partial charge in [-0.15, -0.1) is 24.0 Å². The maximum atomic E-state index is 13.9. The minimum Gasteiger partial charge on any atom is -0.495 e. The van der Waals surface area contributed by atoms with Crippen molar-refractivity contribution >= 4 is 35.6 Å². The van der Waals surface area contributed by atoms with E-state index in [0.717, 1.165) is 37.4 Å². The number of aliphatic imine (C=N–C) groups is 1. The molecule has 1 saturated heterocycles. The number of ether oxygens (including phenoxy) is 1. The molecule has 170 valence electrons. The number of para-hydroxylation sites is 2. The van der Waals surface area contributed by atoms with Gasteiger partial charge < -0.3 is 25.4 Å². The number of nitrogens with zero attached hydrogens (tertiary/aromatic N) is 2. The van der Waals surface area contributed by atoms with E-state index >= 15 is 0 Å². The maximum Gasteiger partial charge on any atom is 0.191 e. The van der Waals surface area contributed by atoms with Gasteiger partial charge in [-0.05, 0) is 38.0 Å². The normalized spacial score (nSPS) is 17.5. The Morgan fingerprint density at radius 3 is 2.74 bits per heavy atom. The highest BCUT2D eigenvalue weighted by Crippen LogP contribution is 2.29. The van der Waals surface area contributed by atoms with Gasteiger partial charge in [-0.1, -0.05) is 30.3 Å². The predicted octanol–water partition coefficient (Wildman–Crippen LogP) is 3.71. The molecule has 0 saturated carbocycles. The SMILES string of the molecule is CCNC(=NCC(O)c1ccccc1F)NC1CCCN(c2ccccc2OC)C1.I. The third kappa shape index (κ3) is 6.96. The van der Waals surface area contributed by atoms with Gasteiger partial charge in [-0.2, -0.15) is 0 Å². The number of hydrogen-bond donors (Lipinski definition) is 3. The lowest BCUT2D eigenvalue weighted by Gasteiger charge is -2.36. The number of halogens is 2. The Balaban J connectivity index is 0.00000341. The summed E-state index contributed by atoms with van der Waals surface area (Å²) < 4.78 is 19.4. The summed E-state index contributed by atoms with van der Waals surface area (Å²) >= 11 is 0. The van der Waals surface area contributed by atoms with Crippen LogP contribution in [0.25, 0.3) is 0 Å². The van der Waals surface area contributed by atoms with E-state index in [2.05, 4.69) is 26.6 Å². The Kier molecular flexibility index (Phi) is 10.3. The first kappa shape index (κ1) is 25.2. The van der Waals surface area contributed by atoms with Crippen LogP contribution in [0.3, 0.4) is 0 Å². The lowest BCUT2D eigenvalue weighted by atomic mass is 10.0. The maximum absolute atomic E-state index is 13.9. The van der Waals surface area contributed by atoms with Gasteiger partial charge in [0.15, 0.2) is 5.96 Å². The monoisotopic (exact) mass is 542 g/mol. The van der Waals surface area contributed by atoms with Crippen LogP contribution < -0.4 is 20.3 Å². The Hall–Kier alpha value is -2.07. The number of aliphatic hydroxyl groups is 1. The Morgan fingerprint density at radius 2 is 2.00 bits per heavy atom. The molecule has 3 rings (SSSR count). The molecule has 0 aromatic heterocycles. The Bertz CT molecular complexity index is 852. The minimum atomic E-state index is -0.988. The zero-order valence-electron chi connectivity index (χ0n) is 18.1. The van der Waals surface area contributed by atoms with Crippen molar-refractivity contribution in [2.45, 2.75) is 31.9 Å². The molecule has 1 aliphatic heterocycles. The predicted molar refractivity (Wildman–Crippen MR) is 134 cm³/mol. The Morgan fingerprint density at radius 1 is 1.26 bits per heavy atom. The van der Waals surface area contributed by atoms with Gasteiger partial charge in [0.1, 0.15) is 17.7 Å². The van der Waals surface area contributed by atoms with E-state index in [9.17, 15) is 9.50 Å². The molecule has 1 aliphatic rings. The van der Waals surface area contributed by atoms with E-state index in [0.29, 0.717) is 12.5 Å².